The molecule has 5 heteroatoms. The average Bonchev–Trinajstić information content (AvgIpc) is 2.62. The molecule has 0 radical (unpaired) electrons. The summed E-state index contributed by atoms with van der Waals surface area (Å²) in [5.41, 5.74) is 0. The molecule has 0 aromatic carbocycles. The Morgan fingerprint density at radius 2 is 1.44 bits per heavy atom. The van der Waals surface area contributed by atoms with Gasteiger partial charge in [0.05, 0.1) is 13.2 Å². The Balaban J connectivity index is 2.19. The predicted octanol–water partition coefficient (Wildman–Crippen LogP) is 0.797. The quantitative estimate of drug-likeness (QED) is 0.579. The van der Waals surface area contributed by atoms with Crippen molar-refractivity contribution in [1.29, 1.82) is 0 Å². The number of urea groups is 1. The van der Waals surface area contributed by atoms with E-state index in [1.807, 2.05) is 23.6 Å². The van der Waals surface area contributed by atoms with E-state index in [2.05, 4.69) is 0 Å². The lowest BCUT2D eigenvalue weighted by Crippen LogP contribution is -2.35. The monoisotopic (exact) mass is 230 g/mol. The molecule has 5 nitrogen and oxygen atoms in total. The topological polar surface area (TPSA) is 42.0 Å². The molecule has 2 amide bonds. The number of hydrogen-bond donors (Lipinski definition) is 0. The molecular formula is C11H22N2O3. The molecule has 1 rings (SSSR count). The molecule has 0 saturated carbocycles. The third kappa shape index (κ3) is 3.98. The van der Waals surface area contributed by atoms with Gasteiger partial charge < -0.3 is 19.3 Å². The van der Waals surface area contributed by atoms with Crippen LogP contribution in [0.3, 0.4) is 0 Å². The van der Waals surface area contributed by atoms with E-state index in [-0.39, 0.29) is 6.03 Å². The Morgan fingerprint density at radius 3 is 1.81 bits per heavy atom. The highest BCUT2D eigenvalue weighted by molar-refractivity contribution is 5.76. The number of carbonyl (C=O) groups excluding carboxylic acids is 1. The zero-order valence-electron chi connectivity index (χ0n) is 10.3. The number of hydrogen-bond acceptors (Lipinski definition) is 3. The molecule has 0 atom stereocenters. The fourth-order valence-corrected chi connectivity index (χ4v) is 1.69. The molecule has 0 spiro atoms. The van der Waals surface area contributed by atoms with Crippen LogP contribution in [0.1, 0.15) is 13.8 Å². The van der Waals surface area contributed by atoms with Crippen molar-refractivity contribution in [2.45, 2.75) is 13.8 Å². The molecule has 16 heavy (non-hydrogen) atoms. The Hall–Kier alpha value is -0.810. The van der Waals surface area contributed by atoms with Crippen LogP contribution >= 0.6 is 0 Å². The van der Waals surface area contributed by atoms with Gasteiger partial charge in [0.2, 0.25) is 0 Å². The first-order valence-corrected chi connectivity index (χ1v) is 5.99. The molecule has 1 aliphatic heterocycles. The largest absolute Gasteiger partial charge is 0.380 e. The van der Waals surface area contributed by atoms with Crippen molar-refractivity contribution in [3.63, 3.8) is 0 Å². The molecule has 1 aliphatic rings. The summed E-state index contributed by atoms with van der Waals surface area (Å²) in [4.78, 5) is 15.5. The van der Waals surface area contributed by atoms with Gasteiger partial charge >= 0.3 is 6.03 Å². The maximum Gasteiger partial charge on any atom is 0.320 e. The average molecular weight is 230 g/mol. The van der Waals surface area contributed by atoms with E-state index in [1.165, 1.54) is 0 Å². The maximum atomic E-state index is 11.8. The van der Waals surface area contributed by atoms with Gasteiger partial charge in [0, 0.05) is 39.4 Å². The van der Waals surface area contributed by atoms with Gasteiger partial charge in [-0.1, -0.05) is 0 Å². The standard InChI is InChI=1S/C11H22N2O3/c1-3-15-9-7-12-5-6-13(11(12)14)8-10-16-4-2/h3-10H2,1-2H3. The van der Waals surface area contributed by atoms with Crippen molar-refractivity contribution >= 4 is 6.03 Å². The lowest BCUT2D eigenvalue weighted by Gasteiger charge is -2.18. The fourth-order valence-electron chi connectivity index (χ4n) is 1.69. The summed E-state index contributed by atoms with van der Waals surface area (Å²) in [6.07, 6.45) is 0. The number of nitrogens with zero attached hydrogens (tertiary/aromatic N) is 2. The molecule has 0 N–H and O–H groups in total. The lowest BCUT2D eigenvalue weighted by atomic mass is 10.5. The van der Waals surface area contributed by atoms with E-state index in [0.29, 0.717) is 39.5 Å². The summed E-state index contributed by atoms with van der Waals surface area (Å²) >= 11 is 0. The summed E-state index contributed by atoms with van der Waals surface area (Å²) in [6.45, 7) is 9.57. The van der Waals surface area contributed by atoms with Crippen LogP contribution in [0.2, 0.25) is 0 Å². The first-order chi connectivity index (χ1) is 7.79. The summed E-state index contributed by atoms with van der Waals surface area (Å²) < 4.78 is 10.5. The van der Waals surface area contributed by atoms with Crippen molar-refractivity contribution in [1.82, 2.24) is 9.80 Å². The molecule has 0 bridgehead atoms. The minimum Gasteiger partial charge on any atom is -0.380 e. The van der Waals surface area contributed by atoms with Gasteiger partial charge in [-0.3, -0.25) is 0 Å². The Morgan fingerprint density at radius 1 is 1.00 bits per heavy atom. The number of ether oxygens (including phenoxy) is 2. The van der Waals surface area contributed by atoms with Crippen LogP contribution in [0.4, 0.5) is 4.79 Å². The number of rotatable bonds is 8. The third-order valence-electron chi connectivity index (χ3n) is 2.60. The smallest absolute Gasteiger partial charge is 0.320 e. The van der Waals surface area contributed by atoms with Crippen LogP contribution < -0.4 is 0 Å². The SMILES string of the molecule is CCOCCN1CCN(CCOCC)C1=O. The summed E-state index contributed by atoms with van der Waals surface area (Å²) in [6, 6.07) is 0.111. The summed E-state index contributed by atoms with van der Waals surface area (Å²) in [5, 5.41) is 0. The van der Waals surface area contributed by atoms with Crippen LogP contribution in [0.15, 0.2) is 0 Å². The van der Waals surface area contributed by atoms with Crippen LogP contribution in [-0.4, -0.2) is 68.4 Å². The van der Waals surface area contributed by atoms with E-state index in [4.69, 9.17) is 9.47 Å². The molecule has 0 aromatic rings. The predicted molar refractivity (Wildman–Crippen MR) is 61.5 cm³/mol. The molecule has 94 valence electrons. The van der Waals surface area contributed by atoms with Gasteiger partial charge in [0.15, 0.2) is 0 Å². The second-order valence-corrected chi connectivity index (χ2v) is 3.65. The molecule has 0 unspecified atom stereocenters. The third-order valence-corrected chi connectivity index (χ3v) is 2.60. The zero-order chi connectivity index (χ0) is 11.8. The number of amides is 2. The first kappa shape index (κ1) is 13.3. The normalized spacial score (nSPS) is 16.2. The van der Waals surface area contributed by atoms with Gasteiger partial charge in [-0.15, -0.1) is 0 Å². The van der Waals surface area contributed by atoms with Crippen LogP contribution in [-0.2, 0) is 9.47 Å². The minimum absolute atomic E-state index is 0.111. The van der Waals surface area contributed by atoms with Crippen molar-refractivity contribution in [3.05, 3.63) is 0 Å². The van der Waals surface area contributed by atoms with E-state index in [0.717, 1.165) is 13.1 Å². The molecule has 0 aliphatic carbocycles. The molecular weight excluding hydrogens is 208 g/mol. The van der Waals surface area contributed by atoms with E-state index in [9.17, 15) is 4.79 Å². The zero-order valence-corrected chi connectivity index (χ0v) is 10.3. The van der Waals surface area contributed by atoms with Gasteiger partial charge in [-0.2, -0.15) is 0 Å². The Bertz CT molecular complexity index is 191. The highest BCUT2D eigenvalue weighted by Crippen LogP contribution is 2.07. The van der Waals surface area contributed by atoms with Crippen molar-refractivity contribution in [3.8, 4) is 0 Å². The van der Waals surface area contributed by atoms with Gasteiger partial charge in [0.1, 0.15) is 0 Å². The van der Waals surface area contributed by atoms with Crippen LogP contribution in [0.25, 0.3) is 0 Å². The molecule has 1 heterocycles. The number of carbonyl (C=O) groups is 1. The highest BCUT2D eigenvalue weighted by Gasteiger charge is 2.27. The molecule has 1 saturated heterocycles. The first-order valence-electron chi connectivity index (χ1n) is 5.99. The van der Waals surface area contributed by atoms with Gasteiger partial charge in [-0.05, 0) is 13.8 Å². The highest BCUT2D eigenvalue weighted by atomic mass is 16.5. The van der Waals surface area contributed by atoms with E-state index in [1.54, 1.807) is 0 Å². The van der Waals surface area contributed by atoms with Crippen LogP contribution in [0, 0.1) is 0 Å². The Kier molecular flexibility index (Phi) is 6.18. The Labute approximate surface area is 97.3 Å². The lowest BCUT2D eigenvalue weighted by molar-refractivity contribution is 0.114. The van der Waals surface area contributed by atoms with Crippen molar-refractivity contribution < 1.29 is 14.3 Å². The summed E-state index contributed by atoms with van der Waals surface area (Å²) in [7, 11) is 0. The second kappa shape index (κ2) is 7.46. The van der Waals surface area contributed by atoms with Gasteiger partial charge in [0.25, 0.3) is 0 Å². The maximum absolute atomic E-state index is 11.8. The van der Waals surface area contributed by atoms with Crippen molar-refractivity contribution in [2.24, 2.45) is 0 Å². The second-order valence-electron chi connectivity index (χ2n) is 3.65. The molecule has 1 fully saturated rings. The fraction of sp³-hybridized carbons (Fsp3) is 0.909. The van der Waals surface area contributed by atoms with Crippen LogP contribution in [0.5, 0.6) is 0 Å². The molecule has 0 aromatic heterocycles. The summed E-state index contributed by atoms with van der Waals surface area (Å²) in [5.74, 6) is 0. The minimum atomic E-state index is 0.111. The van der Waals surface area contributed by atoms with E-state index < -0.39 is 0 Å². The van der Waals surface area contributed by atoms with Gasteiger partial charge in [-0.25, -0.2) is 4.79 Å². The van der Waals surface area contributed by atoms with E-state index >= 15 is 0 Å². The van der Waals surface area contributed by atoms with Crippen molar-refractivity contribution in [2.75, 3.05) is 52.6 Å².